The number of hydrogen-bond acceptors (Lipinski definition) is 4. The average molecular weight is 467 g/mol. The van der Waals surface area contributed by atoms with Gasteiger partial charge in [-0.25, -0.2) is 9.29 Å². The van der Waals surface area contributed by atoms with Crippen molar-refractivity contribution in [2.75, 3.05) is 12.0 Å². The molecule has 0 aromatic heterocycles. The zero-order valence-electron chi connectivity index (χ0n) is 17.7. The fourth-order valence-electron chi connectivity index (χ4n) is 3.73. The van der Waals surface area contributed by atoms with Crippen LogP contribution in [0.25, 0.3) is 0 Å². The quantitative estimate of drug-likeness (QED) is 0.503. The van der Waals surface area contributed by atoms with Crippen molar-refractivity contribution in [2.45, 2.75) is 19.0 Å². The number of rotatable bonds is 6. The van der Waals surface area contributed by atoms with Crippen molar-refractivity contribution >= 4 is 35.0 Å². The number of anilines is 1. The highest BCUT2D eigenvalue weighted by molar-refractivity contribution is 6.30. The third-order valence-corrected chi connectivity index (χ3v) is 5.70. The number of benzene rings is 3. The van der Waals surface area contributed by atoms with Gasteiger partial charge in [0.25, 0.3) is 11.8 Å². The lowest BCUT2D eigenvalue weighted by molar-refractivity contribution is -0.122. The molecule has 1 heterocycles. The van der Waals surface area contributed by atoms with Gasteiger partial charge < -0.3 is 9.64 Å². The topological polar surface area (TPSA) is 66.9 Å². The van der Waals surface area contributed by atoms with Crippen molar-refractivity contribution in [1.82, 2.24) is 4.90 Å². The molecule has 1 fully saturated rings. The first-order valence-electron chi connectivity index (χ1n) is 10.2. The van der Waals surface area contributed by atoms with E-state index in [1.807, 2.05) is 0 Å². The number of halogens is 2. The summed E-state index contributed by atoms with van der Waals surface area (Å²) in [5.74, 6) is -1.23. The minimum absolute atomic E-state index is 0.104. The van der Waals surface area contributed by atoms with Crippen LogP contribution in [-0.2, 0) is 16.1 Å². The Bertz CT molecular complexity index is 1180. The van der Waals surface area contributed by atoms with E-state index in [2.05, 4.69) is 0 Å². The molecule has 0 N–H and O–H groups in total. The molecule has 1 aliphatic rings. The van der Waals surface area contributed by atoms with E-state index in [9.17, 15) is 18.8 Å². The van der Waals surface area contributed by atoms with E-state index in [4.69, 9.17) is 16.3 Å². The van der Waals surface area contributed by atoms with Crippen LogP contribution < -0.4 is 9.64 Å². The Morgan fingerprint density at radius 2 is 1.67 bits per heavy atom. The molecule has 0 unspecified atom stereocenters. The van der Waals surface area contributed by atoms with E-state index in [0.717, 1.165) is 10.5 Å². The van der Waals surface area contributed by atoms with Gasteiger partial charge in [-0.1, -0.05) is 23.7 Å². The van der Waals surface area contributed by atoms with E-state index in [-0.39, 0.29) is 18.7 Å². The molecule has 0 spiro atoms. The van der Waals surface area contributed by atoms with Gasteiger partial charge in [-0.15, -0.1) is 0 Å². The van der Waals surface area contributed by atoms with Crippen LogP contribution in [0.5, 0.6) is 5.75 Å². The van der Waals surface area contributed by atoms with Crippen molar-refractivity contribution < 1.29 is 23.5 Å². The number of imide groups is 1. The lowest BCUT2D eigenvalue weighted by Gasteiger charge is -2.28. The van der Waals surface area contributed by atoms with Crippen LogP contribution in [0.4, 0.5) is 10.1 Å². The molecule has 33 heavy (non-hydrogen) atoms. The molecule has 0 bridgehead atoms. The number of nitrogens with zero attached hydrogens (tertiary/aromatic N) is 2. The van der Waals surface area contributed by atoms with E-state index in [1.165, 1.54) is 29.2 Å². The fourth-order valence-corrected chi connectivity index (χ4v) is 3.86. The molecule has 3 amide bonds. The molecule has 1 atom stereocenters. The Morgan fingerprint density at radius 3 is 2.27 bits per heavy atom. The van der Waals surface area contributed by atoms with Crippen molar-refractivity contribution in [2.24, 2.45) is 0 Å². The van der Waals surface area contributed by atoms with E-state index in [0.29, 0.717) is 16.3 Å². The van der Waals surface area contributed by atoms with Gasteiger partial charge in [0.05, 0.1) is 19.2 Å². The maximum Gasteiger partial charge on any atom is 0.257 e. The molecule has 0 saturated carbocycles. The zero-order valence-corrected chi connectivity index (χ0v) is 18.5. The summed E-state index contributed by atoms with van der Waals surface area (Å²) in [4.78, 5) is 41.9. The van der Waals surface area contributed by atoms with Gasteiger partial charge in [0.2, 0.25) is 5.91 Å². The van der Waals surface area contributed by atoms with E-state index in [1.54, 1.807) is 55.6 Å². The molecule has 1 saturated heterocycles. The SMILES string of the molecule is COc1ccc(CN(C(=O)c2ccc(Cl)cc2)[C@H]2CC(=O)N(c3ccc(F)cc3)C2=O)cc1. The summed E-state index contributed by atoms with van der Waals surface area (Å²) in [5.41, 5.74) is 1.37. The summed E-state index contributed by atoms with van der Waals surface area (Å²) in [6, 6.07) is 17.5. The number of carbonyl (C=O) groups is 3. The first kappa shape index (κ1) is 22.5. The van der Waals surface area contributed by atoms with Gasteiger partial charge in [-0.05, 0) is 66.2 Å². The van der Waals surface area contributed by atoms with Gasteiger partial charge >= 0.3 is 0 Å². The Morgan fingerprint density at radius 1 is 1.03 bits per heavy atom. The second-order valence-electron chi connectivity index (χ2n) is 7.55. The van der Waals surface area contributed by atoms with Gasteiger partial charge in [-0.2, -0.15) is 0 Å². The van der Waals surface area contributed by atoms with Crippen LogP contribution in [0.3, 0.4) is 0 Å². The summed E-state index contributed by atoms with van der Waals surface area (Å²) < 4.78 is 18.5. The number of hydrogen-bond donors (Lipinski definition) is 0. The lowest BCUT2D eigenvalue weighted by atomic mass is 10.1. The summed E-state index contributed by atoms with van der Waals surface area (Å²) in [6.07, 6.45) is -0.175. The van der Waals surface area contributed by atoms with Gasteiger partial charge in [-0.3, -0.25) is 14.4 Å². The standard InChI is InChI=1S/C25H20ClFN2O4/c1-33-21-12-2-16(3-13-21)15-28(24(31)17-4-6-18(26)7-5-17)22-14-23(30)29(25(22)32)20-10-8-19(27)9-11-20/h2-13,22H,14-15H2,1H3/t22-/m0/s1. The van der Waals surface area contributed by atoms with E-state index >= 15 is 0 Å². The van der Waals surface area contributed by atoms with Crippen molar-refractivity contribution in [3.63, 3.8) is 0 Å². The molecule has 6 nitrogen and oxygen atoms in total. The largest absolute Gasteiger partial charge is 0.497 e. The van der Waals surface area contributed by atoms with Crippen LogP contribution in [0, 0.1) is 5.82 Å². The molecule has 168 valence electrons. The predicted octanol–water partition coefficient (Wildman–Crippen LogP) is 4.46. The molecule has 0 aliphatic carbocycles. The second kappa shape index (κ2) is 9.42. The second-order valence-corrected chi connectivity index (χ2v) is 7.99. The van der Waals surface area contributed by atoms with Crippen LogP contribution in [0.1, 0.15) is 22.3 Å². The number of amides is 3. The lowest BCUT2D eigenvalue weighted by Crippen LogP contribution is -2.45. The van der Waals surface area contributed by atoms with Crippen molar-refractivity contribution in [3.05, 3.63) is 94.8 Å². The van der Waals surface area contributed by atoms with Gasteiger partial charge in [0.1, 0.15) is 17.6 Å². The van der Waals surface area contributed by atoms with Crippen LogP contribution in [0.15, 0.2) is 72.8 Å². The van der Waals surface area contributed by atoms with Crippen LogP contribution >= 0.6 is 11.6 Å². The molecule has 4 rings (SSSR count). The number of carbonyl (C=O) groups excluding carboxylic acids is 3. The first-order chi connectivity index (χ1) is 15.9. The summed E-state index contributed by atoms with van der Waals surface area (Å²) >= 11 is 5.95. The van der Waals surface area contributed by atoms with E-state index < -0.39 is 29.6 Å². The number of methoxy groups -OCH3 is 1. The maximum absolute atomic E-state index is 13.4. The molecule has 8 heteroatoms. The van der Waals surface area contributed by atoms with Crippen molar-refractivity contribution in [3.8, 4) is 5.75 Å². The zero-order chi connectivity index (χ0) is 23.5. The minimum Gasteiger partial charge on any atom is -0.497 e. The molecular formula is C25H20ClFN2O4. The van der Waals surface area contributed by atoms with Crippen molar-refractivity contribution in [1.29, 1.82) is 0 Å². The predicted molar refractivity (Wildman–Crippen MR) is 122 cm³/mol. The Kier molecular flexibility index (Phi) is 6.42. The summed E-state index contributed by atoms with van der Waals surface area (Å²) in [7, 11) is 1.55. The van der Waals surface area contributed by atoms with Gasteiger partial charge in [0, 0.05) is 17.1 Å². The molecule has 0 radical (unpaired) electrons. The third kappa shape index (κ3) is 4.73. The molecule has 3 aromatic rings. The highest BCUT2D eigenvalue weighted by Gasteiger charge is 2.44. The summed E-state index contributed by atoms with van der Waals surface area (Å²) in [6.45, 7) is 0.104. The maximum atomic E-state index is 13.4. The van der Waals surface area contributed by atoms with Gasteiger partial charge in [0.15, 0.2) is 0 Å². The first-order valence-corrected chi connectivity index (χ1v) is 10.6. The molecule has 3 aromatic carbocycles. The summed E-state index contributed by atoms with van der Waals surface area (Å²) in [5, 5.41) is 0.475. The number of ether oxygens (including phenoxy) is 1. The molecule has 1 aliphatic heterocycles. The average Bonchev–Trinajstić information content (AvgIpc) is 3.12. The smallest absolute Gasteiger partial charge is 0.257 e. The Balaban J connectivity index is 1.67. The van der Waals surface area contributed by atoms with Crippen LogP contribution in [0.2, 0.25) is 5.02 Å². The Hall–Kier alpha value is -3.71. The third-order valence-electron chi connectivity index (χ3n) is 5.45. The highest BCUT2D eigenvalue weighted by Crippen LogP contribution is 2.28. The molecular weight excluding hydrogens is 447 g/mol. The van der Waals surface area contributed by atoms with Crippen LogP contribution in [-0.4, -0.2) is 35.8 Å². The monoisotopic (exact) mass is 466 g/mol. The normalized spacial score (nSPS) is 15.6. The Labute approximate surface area is 195 Å². The fraction of sp³-hybridized carbons (Fsp3) is 0.160. The highest BCUT2D eigenvalue weighted by atomic mass is 35.5. The minimum atomic E-state index is -1.01.